The molecule has 0 radical (unpaired) electrons. The summed E-state index contributed by atoms with van der Waals surface area (Å²) in [6.07, 6.45) is 4.94. The van der Waals surface area contributed by atoms with E-state index in [0.717, 1.165) is 17.0 Å². The lowest BCUT2D eigenvalue weighted by atomic mass is 9.97. The maximum Gasteiger partial charge on any atom is 0.161 e. The third-order valence-electron chi connectivity index (χ3n) is 5.85. The first kappa shape index (κ1) is 23.1. The predicted octanol–water partition coefficient (Wildman–Crippen LogP) is 4.46. The molecule has 1 aliphatic rings. The number of likely N-dealkylation sites (tertiary alicyclic amines) is 1. The monoisotopic (exact) mass is 426 g/mol. The van der Waals surface area contributed by atoms with E-state index in [1.807, 2.05) is 42.5 Å². The highest BCUT2D eigenvalue weighted by molar-refractivity contribution is 5.83. The zero-order chi connectivity index (χ0) is 22.2. The van der Waals surface area contributed by atoms with Crippen LogP contribution in [0.15, 0.2) is 47.5 Å². The highest BCUT2D eigenvalue weighted by Gasteiger charge is 2.26. The maximum absolute atomic E-state index is 10.4. The minimum atomic E-state index is -0.509. The summed E-state index contributed by atoms with van der Waals surface area (Å²) < 4.78 is 16.4. The van der Waals surface area contributed by atoms with E-state index in [-0.39, 0.29) is 6.61 Å². The van der Waals surface area contributed by atoms with Crippen molar-refractivity contribution in [2.45, 2.75) is 51.3 Å². The largest absolute Gasteiger partial charge is 0.493 e. The average molecular weight is 427 g/mol. The second-order valence-corrected chi connectivity index (χ2v) is 8.16. The van der Waals surface area contributed by atoms with Gasteiger partial charge in [-0.15, -0.1) is 0 Å². The van der Waals surface area contributed by atoms with Gasteiger partial charge in [-0.3, -0.25) is 9.89 Å². The number of hydrogen-bond acceptors (Lipinski definition) is 6. The van der Waals surface area contributed by atoms with Crippen LogP contribution in [0.5, 0.6) is 17.2 Å². The van der Waals surface area contributed by atoms with Gasteiger partial charge in [0.2, 0.25) is 0 Å². The molecule has 6 nitrogen and oxygen atoms in total. The molecular weight excluding hydrogens is 392 g/mol. The Morgan fingerprint density at radius 1 is 1.03 bits per heavy atom. The van der Waals surface area contributed by atoms with Crippen LogP contribution < -0.4 is 14.2 Å². The molecular formula is C25H34N2O4. The molecule has 31 heavy (non-hydrogen) atoms. The Labute approximate surface area is 185 Å². The van der Waals surface area contributed by atoms with Gasteiger partial charge in [0.1, 0.15) is 18.5 Å². The Kier molecular flexibility index (Phi) is 8.32. The number of β-amino-alcohol motifs (C(OH)–C–C–N with tert-alkyl or cyclic N) is 1. The first-order valence-corrected chi connectivity index (χ1v) is 10.9. The lowest BCUT2D eigenvalue weighted by Crippen LogP contribution is -2.48. The molecule has 1 fully saturated rings. The number of aliphatic hydroxyl groups is 1. The van der Waals surface area contributed by atoms with Crippen LogP contribution in [0.4, 0.5) is 5.69 Å². The average Bonchev–Trinajstić information content (AvgIpc) is 2.79. The summed E-state index contributed by atoms with van der Waals surface area (Å²) >= 11 is 0. The topological polar surface area (TPSA) is 63.5 Å². The zero-order valence-electron chi connectivity index (χ0n) is 19.0. The lowest BCUT2D eigenvalue weighted by Gasteiger charge is -2.40. The Morgan fingerprint density at radius 3 is 2.35 bits per heavy atom. The van der Waals surface area contributed by atoms with Crippen molar-refractivity contribution >= 4 is 11.9 Å². The second kappa shape index (κ2) is 11.2. The van der Waals surface area contributed by atoms with Crippen LogP contribution in [0.25, 0.3) is 0 Å². The van der Waals surface area contributed by atoms with Crippen molar-refractivity contribution in [1.29, 1.82) is 0 Å². The molecule has 2 aromatic carbocycles. The van der Waals surface area contributed by atoms with Crippen molar-refractivity contribution in [2.24, 2.45) is 4.99 Å². The summed E-state index contributed by atoms with van der Waals surface area (Å²) in [4.78, 5) is 6.90. The summed E-state index contributed by atoms with van der Waals surface area (Å²) in [5.41, 5.74) is 1.74. The van der Waals surface area contributed by atoms with Crippen molar-refractivity contribution in [3.05, 3.63) is 48.0 Å². The van der Waals surface area contributed by atoms with E-state index in [9.17, 15) is 5.11 Å². The Hall–Kier alpha value is -2.57. The van der Waals surface area contributed by atoms with Crippen LogP contribution >= 0.6 is 0 Å². The number of piperidine rings is 1. The maximum atomic E-state index is 10.4. The predicted molar refractivity (Wildman–Crippen MR) is 124 cm³/mol. The smallest absolute Gasteiger partial charge is 0.161 e. The van der Waals surface area contributed by atoms with Gasteiger partial charge in [0.05, 0.1) is 19.9 Å². The van der Waals surface area contributed by atoms with Crippen LogP contribution in [0.3, 0.4) is 0 Å². The number of nitrogens with zero attached hydrogens (tertiary/aromatic N) is 2. The van der Waals surface area contributed by atoms with E-state index in [1.165, 1.54) is 19.3 Å². The number of rotatable bonds is 9. The molecule has 1 N–H and O–H groups in total. The van der Waals surface area contributed by atoms with Gasteiger partial charge in [-0.05, 0) is 74.7 Å². The molecule has 168 valence electrons. The third-order valence-corrected chi connectivity index (χ3v) is 5.85. The normalized spacial score (nSPS) is 20.5. The van der Waals surface area contributed by atoms with Crippen LogP contribution in [-0.2, 0) is 0 Å². The number of aliphatic hydroxyl groups excluding tert-OH is 1. The minimum Gasteiger partial charge on any atom is -0.493 e. The molecule has 0 aliphatic carbocycles. The third kappa shape index (κ3) is 6.45. The molecule has 0 amide bonds. The molecule has 0 spiro atoms. The summed E-state index contributed by atoms with van der Waals surface area (Å²) in [5, 5.41) is 10.4. The SMILES string of the molecule is COc1ccc(C=Nc2ccc(OC[C@@H](O)CN3[C@H](C)CCC[C@H]3C)cc2)cc1OC. The minimum absolute atomic E-state index is 0.282. The van der Waals surface area contributed by atoms with E-state index >= 15 is 0 Å². The Balaban J connectivity index is 1.51. The molecule has 1 heterocycles. The van der Waals surface area contributed by atoms with Gasteiger partial charge < -0.3 is 19.3 Å². The molecule has 1 aliphatic heterocycles. The van der Waals surface area contributed by atoms with Crippen LogP contribution in [0, 0.1) is 0 Å². The van der Waals surface area contributed by atoms with Crippen molar-refractivity contribution in [1.82, 2.24) is 4.90 Å². The van der Waals surface area contributed by atoms with Crippen molar-refractivity contribution in [2.75, 3.05) is 27.4 Å². The van der Waals surface area contributed by atoms with E-state index in [2.05, 4.69) is 23.7 Å². The molecule has 1 saturated heterocycles. The molecule has 2 aromatic rings. The molecule has 0 bridgehead atoms. The molecule has 0 aromatic heterocycles. The highest BCUT2D eigenvalue weighted by Crippen LogP contribution is 2.27. The van der Waals surface area contributed by atoms with Gasteiger partial charge in [0, 0.05) is 24.8 Å². The highest BCUT2D eigenvalue weighted by atomic mass is 16.5. The number of methoxy groups -OCH3 is 2. The van der Waals surface area contributed by atoms with Crippen molar-refractivity contribution in [3.8, 4) is 17.2 Å². The van der Waals surface area contributed by atoms with Gasteiger partial charge in [-0.2, -0.15) is 0 Å². The lowest BCUT2D eigenvalue weighted by molar-refractivity contribution is 0.0209. The summed E-state index contributed by atoms with van der Waals surface area (Å²) in [6, 6.07) is 14.2. The van der Waals surface area contributed by atoms with Gasteiger partial charge in [0.25, 0.3) is 0 Å². The Bertz CT molecular complexity index is 843. The molecule has 6 heteroatoms. The zero-order valence-corrected chi connectivity index (χ0v) is 19.0. The van der Waals surface area contributed by atoms with Gasteiger partial charge in [-0.25, -0.2) is 0 Å². The van der Waals surface area contributed by atoms with Crippen molar-refractivity contribution in [3.63, 3.8) is 0 Å². The summed E-state index contributed by atoms with van der Waals surface area (Å²) in [5.74, 6) is 2.08. The van der Waals surface area contributed by atoms with Gasteiger partial charge in [0.15, 0.2) is 11.5 Å². The van der Waals surface area contributed by atoms with Gasteiger partial charge in [-0.1, -0.05) is 6.42 Å². The first-order chi connectivity index (χ1) is 15.0. The number of aliphatic imine (C=N–C) groups is 1. The first-order valence-electron chi connectivity index (χ1n) is 10.9. The van der Waals surface area contributed by atoms with Crippen LogP contribution in [0.1, 0.15) is 38.7 Å². The molecule has 0 unspecified atom stereocenters. The summed E-state index contributed by atoms with van der Waals surface area (Å²) in [7, 11) is 3.23. The molecule has 3 atom stereocenters. The van der Waals surface area contributed by atoms with E-state index in [4.69, 9.17) is 14.2 Å². The fraction of sp³-hybridized carbons (Fsp3) is 0.480. The quantitative estimate of drug-likeness (QED) is 0.600. The van der Waals surface area contributed by atoms with E-state index < -0.39 is 6.10 Å². The number of hydrogen-bond donors (Lipinski definition) is 1. The summed E-state index contributed by atoms with van der Waals surface area (Å²) in [6.45, 7) is 5.41. The number of ether oxygens (including phenoxy) is 3. The standard InChI is InChI=1S/C25H34N2O4/c1-18-6-5-7-19(2)27(18)16-22(28)17-31-23-11-9-21(10-12-23)26-15-20-8-13-24(29-3)25(14-20)30-4/h8-15,18-19,22,28H,5-7,16-17H2,1-4H3/t18-,19-,22+/m1/s1. The van der Waals surface area contributed by atoms with E-state index in [0.29, 0.717) is 30.1 Å². The number of benzene rings is 2. The van der Waals surface area contributed by atoms with E-state index in [1.54, 1.807) is 20.4 Å². The van der Waals surface area contributed by atoms with Gasteiger partial charge >= 0.3 is 0 Å². The molecule has 3 rings (SSSR count). The Morgan fingerprint density at radius 2 is 1.71 bits per heavy atom. The fourth-order valence-electron chi connectivity index (χ4n) is 4.03. The van der Waals surface area contributed by atoms with Crippen molar-refractivity contribution < 1.29 is 19.3 Å². The second-order valence-electron chi connectivity index (χ2n) is 8.16. The van der Waals surface area contributed by atoms with Crippen LogP contribution in [-0.4, -0.2) is 61.8 Å². The molecule has 0 saturated carbocycles. The fourth-order valence-corrected chi connectivity index (χ4v) is 4.03. The van der Waals surface area contributed by atoms with Crippen LogP contribution in [0.2, 0.25) is 0 Å².